The Morgan fingerprint density at radius 1 is 0.708 bits per heavy atom. The summed E-state index contributed by atoms with van der Waals surface area (Å²) < 4.78 is 0. The van der Waals surface area contributed by atoms with Gasteiger partial charge in [-0.25, -0.2) is 0 Å². The minimum atomic E-state index is 0.788. The van der Waals surface area contributed by atoms with Crippen LogP contribution in [0.15, 0.2) is 127 Å². The first-order chi connectivity index (χ1) is 11.7. The van der Waals surface area contributed by atoms with Gasteiger partial charge in [-0.15, -0.1) is 0 Å². The van der Waals surface area contributed by atoms with E-state index in [1.54, 1.807) is 30.5 Å². The third kappa shape index (κ3) is 7.90. The number of aliphatic imine (C=N–C) groups is 1. The Morgan fingerprint density at radius 3 is 1.88 bits per heavy atom. The molecule has 1 heteroatoms. The SMILES string of the molecule is C=C/C=C\C=C(C=C)\C(C=C)=C\N=C(C=C)/C(/C=C\C)=C/C=C\C. The Balaban J connectivity index is 5.89. The lowest BCUT2D eigenvalue weighted by molar-refractivity contribution is 1.44. The van der Waals surface area contributed by atoms with E-state index in [9.17, 15) is 0 Å². The number of nitrogens with zero attached hydrogens (tertiary/aromatic N) is 1. The zero-order chi connectivity index (χ0) is 18.2. The number of hydrogen-bond donors (Lipinski definition) is 0. The molecule has 0 fully saturated rings. The summed E-state index contributed by atoms with van der Waals surface area (Å²) in [6.45, 7) is 19.2. The Bertz CT molecular complexity index is 656. The molecule has 24 heavy (non-hydrogen) atoms. The van der Waals surface area contributed by atoms with Crippen molar-refractivity contribution in [2.45, 2.75) is 13.8 Å². The molecule has 0 aliphatic heterocycles. The highest BCUT2D eigenvalue weighted by Gasteiger charge is 1.99. The average Bonchev–Trinajstić information content (AvgIpc) is 2.61. The zero-order valence-corrected chi connectivity index (χ0v) is 14.8. The highest BCUT2D eigenvalue weighted by molar-refractivity contribution is 6.10. The van der Waals surface area contributed by atoms with Crippen molar-refractivity contribution < 1.29 is 0 Å². The molecule has 0 radical (unpaired) electrons. The van der Waals surface area contributed by atoms with Crippen LogP contribution in [0.25, 0.3) is 0 Å². The highest BCUT2D eigenvalue weighted by atomic mass is 14.7. The first kappa shape index (κ1) is 21.1. The molecular formula is C23H27N. The van der Waals surface area contributed by atoms with Gasteiger partial charge in [0, 0.05) is 6.20 Å². The summed E-state index contributed by atoms with van der Waals surface area (Å²) in [5.41, 5.74) is 3.58. The van der Waals surface area contributed by atoms with Crippen LogP contribution < -0.4 is 0 Å². The fraction of sp³-hybridized carbons (Fsp3) is 0.0870. The molecule has 0 heterocycles. The Kier molecular flexibility index (Phi) is 12.0. The van der Waals surface area contributed by atoms with E-state index in [2.05, 4.69) is 31.3 Å². The maximum atomic E-state index is 4.56. The molecular weight excluding hydrogens is 290 g/mol. The molecule has 0 bridgehead atoms. The summed E-state index contributed by atoms with van der Waals surface area (Å²) in [6, 6.07) is 0. The molecule has 0 atom stereocenters. The second kappa shape index (κ2) is 13.7. The van der Waals surface area contributed by atoms with Gasteiger partial charge >= 0.3 is 0 Å². The van der Waals surface area contributed by atoms with Gasteiger partial charge < -0.3 is 0 Å². The van der Waals surface area contributed by atoms with Gasteiger partial charge in [-0.3, -0.25) is 4.99 Å². The summed E-state index contributed by atoms with van der Waals surface area (Å²) in [7, 11) is 0. The van der Waals surface area contributed by atoms with Crippen LogP contribution in [-0.2, 0) is 0 Å². The molecule has 0 saturated heterocycles. The fourth-order valence-corrected chi connectivity index (χ4v) is 1.75. The van der Waals surface area contributed by atoms with Gasteiger partial charge in [0.25, 0.3) is 0 Å². The van der Waals surface area contributed by atoms with Crippen molar-refractivity contribution in [2.75, 3.05) is 0 Å². The molecule has 0 spiro atoms. The van der Waals surface area contributed by atoms with E-state index in [0.717, 1.165) is 22.4 Å². The van der Waals surface area contributed by atoms with E-state index < -0.39 is 0 Å². The van der Waals surface area contributed by atoms with Crippen molar-refractivity contribution in [3.63, 3.8) is 0 Å². The van der Waals surface area contributed by atoms with Crippen LogP contribution in [0.3, 0.4) is 0 Å². The van der Waals surface area contributed by atoms with Crippen LogP contribution in [0.2, 0.25) is 0 Å². The normalized spacial score (nSPS) is 14.6. The molecule has 0 aliphatic carbocycles. The molecule has 0 aromatic heterocycles. The van der Waals surface area contributed by atoms with Crippen LogP contribution in [0.4, 0.5) is 0 Å². The van der Waals surface area contributed by atoms with Crippen LogP contribution in [0.1, 0.15) is 13.8 Å². The highest BCUT2D eigenvalue weighted by Crippen LogP contribution is 2.14. The topological polar surface area (TPSA) is 12.4 Å². The van der Waals surface area contributed by atoms with E-state index in [0.29, 0.717) is 0 Å². The maximum Gasteiger partial charge on any atom is 0.0696 e. The van der Waals surface area contributed by atoms with Crippen molar-refractivity contribution in [1.82, 2.24) is 0 Å². The van der Waals surface area contributed by atoms with Crippen LogP contribution in [-0.4, -0.2) is 5.71 Å². The fourth-order valence-electron chi connectivity index (χ4n) is 1.75. The average molecular weight is 317 g/mol. The van der Waals surface area contributed by atoms with Gasteiger partial charge in [0.2, 0.25) is 0 Å². The van der Waals surface area contributed by atoms with Crippen LogP contribution in [0.5, 0.6) is 0 Å². The second-order valence-electron chi connectivity index (χ2n) is 4.60. The van der Waals surface area contributed by atoms with E-state index in [1.165, 1.54) is 0 Å². The van der Waals surface area contributed by atoms with Crippen molar-refractivity contribution in [3.05, 3.63) is 122 Å². The molecule has 124 valence electrons. The van der Waals surface area contributed by atoms with E-state index in [-0.39, 0.29) is 0 Å². The van der Waals surface area contributed by atoms with Gasteiger partial charge in [-0.2, -0.15) is 0 Å². The summed E-state index contributed by atoms with van der Waals surface area (Å²) in [6.07, 6.45) is 24.4. The lowest BCUT2D eigenvalue weighted by Crippen LogP contribution is -1.96. The van der Waals surface area contributed by atoms with Crippen molar-refractivity contribution in [1.29, 1.82) is 0 Å². The first-order valence-corrected chi connectivity index (χ1v) is 7.79. The quantitative estimate of drug-likeness (QED) is 0.317. The standard InChI is InChI=1S/C23H27N/c1-7-13-15-18-20(10-4)21(11-5)19-24-23(12-6)22(16-9-3)17-14-8-2/h7-19H,1,4-6H2,2-3H3/b14-8-,15-13-,16-9-,20-18+,21-19+,22-17+,24-23-. The van der Waals surface area contributed by atoms with Crippen molar-refractivity contribution in [2.24, 2.45) is 4.99 Å². The molecule has 0 saturated carbocycles. The third-order valence-corrected chi connectivity index (χ3v) is 2.94. The van der Waals surface area contributed by atoms with E-state index >= 15 is 0 Å². The summed E-state index contributed by atoms with van der Waals surface area (Å²) in [5.74, 6) is 0. The van der Waals surface area contributed by atoms with Crippen molar-refractivity contribution >= 4 is 5.71 Å². The lowest BCUT2D eigenvalue weighted by Gasteiger charge is -2.03. The Morgan fingerprint density at radius 2 is 1.38 bits per heavy atom. The molecule has 0 aromatic carbocycles. The predicted molar refractivity (Wildman–Crippen MR) is 111 cm³/mol. The Labute approximate surface area is 147 Å². The monoisotopic (exact) mass is 317 g/mol. The van der Waals surface area contributed by atoms with Gasteiger partial charge in [0.05, 0.1) is 5.71 Å². The van der Waals surface area contributed by atoms with Gasteiger partial charge in [0.15, 0.2) is 0 Å². The molecule has 0 aliphatic rings. The molecule has 0 aromatic rings. The second-order valence-corrected chi connectivity index (χ2v) is 4.60. The van der Waals surface area contributed by atoms with Gasteiger partial charge in [0.1, 0.15) is 0 Å². The minimum absolute atomic E-state index is 0.788. The van der Waals surface area contributed by atoms with E-state index in [1.807, 2.05) is 62.5 Å². The molecule has 0 rings (SSSR count). The minimum Gasteiger partial charge on any atom is -0.256 e. The lowest BCUT2D eigenvalue weighted by atomic mass is 10.1. The molecule has 0 amide bonds. The Hall–Kier alpha value is -2.93. The van der Waals surface area contributed by atoms with Crippen molar-refractivity contribution in [3.8, 4) is 0 Å². The number of allylic oxidation sites excluding steroid dienone is 15. The summed E-state index contributed by atoms with van der Waals surface area (Å²) in [4.78, 5) is 4.56. The van der Waals surface area contributed by atoms with Gasteiger partial charge in [-0.1, -0.05) is 93.2 Å². The molecule has 1 nitrogen and oxygen atoms in total. The largest absolute Gasteiger partial charge is 0.256 e. The van der Waals surface area contributed by atoms with E-state index in [4.69, 9.17) is 0 Å². The predicted octanol–water partition coefficient (Wildman–Crippen LogP) is 6.62. The first-order valence-electron chi connectivity index (χ1n) is 7.79. The van der Waals surface area contributed by atoms with Crippen LogP contribution in [0, 0.1) is 0 Å². The number of rotatable bonds is 10. The summed E-state index contributed by atoms with van der Waals surface area (Å²) in [5, 5.41) is 0. The zero-order valence-electron chi connectivity index (χ0n) is 14.8. The number of hydrogen-bond acceptors (Lipinski definition) is 1. The smallest absolute Gasteiger partial charge is 0.0696 e. The molecule has 0 unspecified atom stereocenters. The maximum absolute atomic E-state index is 4.56. The molecule has 0 N–H and O–H groups in total. The third-order valence-electron chi connectivity index (χ3n) is 2.94. The summed E-state index contributed by atoms with van der Waals surface area (Å²) >= 11 is 0. The van der Waals surface area contributed by atoms with Crippen LogP contribution >= 0.6 is 0 Å². The van der Waals surface area contributed by atoms with Gasteiger partial charge in [-0.05, 0) is 36.6 Å².